The van der Waals surface area contributed by atoms with E-state index in [4.69, 9.17) is 10.3 Å². The highest BCUT2D eigenvalue weighted by Gasteiger charge is 2.28. The Bertz CT molecular complexity index is 747. The van der Waals surface area contributed by atoms with Gasteiger partial charge in [-0.15, -0.1) is 11.3 Å². The van der Waals surface area contributed by atoms with E-state index in [2.05, 4.69) is 26.9 Å². The molecule has 2 atom stereocenters. The molecule has 0 spiro atoms. The third kappa shape index (κ3) is 4.60. The van der Waals surface area contributed by atoms with Crippen molar-refractivity contribution in [1.82, 2.24) is 20.0 Å². The third-order valence-corrected chi connectivity index (χ3v) is 5.53. The number of halogens is 1. The second-order valence-corrected chi connectivity index (χ2v) is 7.79. The van der Waals surface area contributed by atoms with Crippen molar-refractivity contribution in [3.05, 3.63) is 27.5 Å². The molecule has 1 saturated heterocycles. The Balaban J connectivity index is 1.64. The van der Waals surface area contributed by atoms with E-state index in [0.717, 1.165) is 31.6 Å². The lowest BCUT2D eigenvalue weighted by atomic mass is 9.90. The average Bonchev–Trinajstić information content (AvgIpc) is 3.08. The van der Waals surface area contributed by atoms with Gasteiger partial charge in [0, 0.05) is 32.5 Å². The van der Waals surface area contributed by atoms with Gasteiger partial charge < -0.3 is 10.3 Å². The molecule has 0 aromatic carbocycles. The van der Waals surface area contributed by atoms with Crippen LogP contribution in [0.5, 0.6) is 0 Å². The number of aromatic nitrogens is 3. The lowest BCUT2D eigenvalue weighted by Gasteiger charge is -2.37. The minimum Gasteiger partial charge on any atom is -0.369 e. The Hall–Kier alpha value is -1.87. The maximum absolute atomic E-state index is 14.1. The van der Waals surface area contributed by atoms with Gasteiger partial charge in [0.1, 0.15) is 5.01 Å². The number of hydrogen-bond acceptors (Lipinski definition) is 7. The number of thiazole rings is 1. The minimum atomic E-state index is -0.498. The molecule has 9 heteroatoms. The van der Waals surface area contributed by atoms with Crippen molar-refractivity contribution in [2.75, 3.05) is 6.54 Å². The molecule has 7 nitrogen and oxygen atoms in total. The first-order valence-electron chi connectivity index (χ1n) is 8.36. The van der Waals surface area contributed by atoms with E-state index in [9.17, 15) is 9.18 Å². The number of hydrogen-bond donors (Lipinski definition) is 1. The summed E-state index contributed by atoms with van der Waals surface area (Å²) in [4.78, 5) is 21.9. The van der Waals surface area contributed by atoms with Crippen molar-refractivity contribution < 1.29 is 13.7 Å². The van der Waals surface area contributed by atoms with Gasteiger partial charge in [-0.1, -0.05) is 5.16 Å². The smallest absolute Gasteiger partial charge is 0.228 e. The summed E-state index contributed by atoms with van der Waals surface area (Å²) in [6, 6.07) is 0.365. The van der Waals surface area contributed by atoms with Crippen LogP contribution in [0, 0.1) is 18.8 Å². The number of rotatable bonds is 6. The highest BCUT2D eigenvalue weighted by atomic mass is 32.1. The van der Waals surface area contributed by atoms with E-state index in [1.807, 2.05) is 0 Å². The lowest BCUT2D eigenvalue weighted by molar-refractivity contribution is -0.117. The summed E-state index contributed by atoms with van der Waals surface area (Å²) in [5.74, 6) is 0.718. The van der Waals surface area contributed by atoms with E-state index >= 15 is 0 Å². The van der Waals surface area contributed by atoms with Crippen LogP contribution in [0.15, 0.2) is 4.52 Å². The predicted octanol–water partition coefficient (Wildman–Crippen LogP) is 1.84. The molecule has 1 fully saturated rings. The van der Waals surface area contributed by atoms with Crippen molar-refractivity contribution in [2.45, 2.75) is 52.1 Å². The van der Waals surface area contributed by atoms with Crippen LogP contribution < -0.4 is 5.73 Å². The predicted molar refractivity (Wildman–Crippen MR) is 90.3 cm³/mol. The van der Waals surface area contributed by atoms with E-state index in [0.29, 0.717) is 34.3 Å². The number of primary amides is 1. The number of carbonyl (C=O) groups is 1. The van der Waals surface area contributed by atoms with Crippen LogP contribution in [0.25, 0.3) is 0 Å². The quantitative estimate of drug-likeness (QED) is 0.837. The largest absolute Gasteiger partial charge is 0.369 e. The highest BCUT2D eigenvalue weighted by molar-refractivity contribution is 7.11. The third-order valence-electron chi connectivity index (χ3n) is 4.52. The molecular formula is C16H22FN5O2S. The Morgan fingerprint density at radius 1 is 1.44 bits per heavy atom. The normalized spacial score (nSPS) is 21.6. The van der Waals surface area contributed by atoms with Crippen LogP contribution in [0.4, 0.5) is 4.39 Å². The Morgan fingerprint density at radius 3 is 2.92 bits per heavy atom. The summed E-state index contributed by atoms with van der Waals surface area (Å²) in [7, 11) is 0. The number of aryl methyl sites for hydroxylation is 1. The summed E-state index contributed by atoms with van der Waals surface area (Å²) in [6.07, 6.45) is 2.87. The molecule has 3 heterocycles. The van der Waals surface area contributed by atoms with Crippen LogP contribution in [-0.2, 0) is 24.2 Å². The van der Waals surface area contributed by atoms with Crippen LogP contribution >= 0.6 is 11.3 Å². The van der Waals surface area contributed by atoms with Gasteiger partial charge in [0.05, 0.1) is 11.3 Å². The Labute approximate surface area is 149 Å². The summed E-state index contributed by atoms with van der Waals surface area (Å²) >= 11 is 1.22. The number of amides is 1. The first-order chi connectivity index (χ1) is 11.9. The summed E-state index contributed by atoms with van der Waals surface area (Å²) in [6.45, 7) is 5.27. The molecule has 0 unspecified atom stereocenters. The number of piperidine rings is 1. The first-order valence-corrected chi connectivity index (χ1v) is 9.18. The molecule has 1 amide bonds. The van der Waals surface area contributed by atoms with Gasteiger partial charge in [-0.25, -0.2) is 4.98 Å². The number of carbonyl (C=O) groups excluding carboxylic acids is 1. The minimum absolute atomic E-state index is 0.0169. The monoisotopic (exact) mass is 367 g/mol. The van der Waals surface area contributed by atoms with Gasteiger partial charge >= 0.3 is 0 Å². The van der Waals surface area contributed by atoms with Crippen molar-refractivity contribution in [2.24, 2.45) is 11.7 Å². The zero-order valence-electron chi connectivity index (χ0n) is 14.4. The molecule has 2 aromatic heterocycles. The van der Waals surface area contributed by atoms with Crippen LogP contribution in [-0.4, -0.2) is 38.5 Å². The molecule has 0 aliphatic carbocycles. The van der Waals surface area contributed by atoms with Crippen LogP contribution in [0.3, 0.4) is 0 Å². The molecule has 0 saturated carbocycles. The van der Waals surface area contributed by atoms with E-state index < -0.39 is 11.9 Å². The Morgan fingerprint density at radius 2 is 2.24 bits per heavy atom. The molecule has 25 heavy (non-hydrogen) atoms. The second kappa shape index (κ2) is 7.57. The number of nitrogens with zero attached hydrogens (tertiary/aromatic N) is 4. The van der Waals surface area contributed by atoms with E-state index in [1.165, 1.54) is 11.3 Å². The molecule has 0 radical (unpaired) electrons. The van der Waals surface area contributed by atoms with Crippen LogP contribution in [0.2, 0.25) is 0 Å². The van der Waals surface area contributed by atoms with Gasteiger partial charge in [0.15, 0.2) is 5.82 Å². The summed E-state index contributed by atoms with van der Waals surface area (Å²) in [5, 5.41) is 4.40. The number of likely N-dealkylation sites (tertiary alicyclic amines) is 1. The van der Waals surface area contributed by atoms with Gasteiger partial charge in [-0.05, 0) is 25.7 Å². The maximum Gasteiger partial charge on any atom is 0.228 e. The van der Waals surface area contributed by atoms with Crippen molar-refractivity contribution >= 4 is 17.2 Å². The first kappa shape index (κ1) is 17.9. The molecular weight excluding hydrogens is 345 g/mol. The van der Waals surface area contributed by atoms with Crippen molar-refractivity contribution in [3.63, 3.8) is 0 Å². The zero-order valence-corrected chi connectivity index (χ0v) is 15.2. The molecule has 1 aliphatic heterocycles. The van der Waals surface area contributed by atoms with Gasteiger partial charge in [-0.2, -0.15) is 9.37 Å². The molecule has 3 rings (SSSR count). The van der Waals surface area contributed by atoms with Crippen molar-refractivity contribution in [1.29, 1.82) is 0 Å². The number of nitrogens with two attached hydrogens (primary N) is 1. The molecule has 136 valence electrons. The van der Waals surface area contributed by atoms with E-state index in [-0.39, 0.29) is 6.42 Å². The van der Waals surface area contributed by atoms with Gasteiger partial charge in [0.2, 0.25) is 17.7 Å². The fourth-order valence-electron chi connectivity index (χ4n) is 3.22. The Kier molecular flexibility index (Phi) is 5.43. The van der Waals surface area contributed by atoms with Crippen LogP contribution in [0.1, 0.15) is 41.4 Å². The second-order valence-electron chi connectivity index (χ2n) is 6.62. The summed E-state index contributed by atoms with van der Waals surface area (Å²) in [5.41, 5.74) is 5.16. The van der Waals surface area contributed by atoms with E-state index in [1.54, 1.807) is 6.92 Å². The fourth-order valence-corrected chi connectivity index (χ4v) is 4.20. The van der Waals surface area contributed by atoms with Crippen molar-refractivity contribution in [3.8, 4) is 0 Å². The molecule has 2 aromatic rings. The lowest BCUT2D eigenvalue weighted by Crippen LogP contribution is -2.41. The zero-order chi connectivity index (χ0) is 18.0. The maximum atomic E-state index is 14.1. The molecule has 1 aliphatic rings. The molecule has 2 N–H and O–H groups in total. The standard InChI is InChI=1S/C16H22FN5O2S/c1-9-3-4-11(5-14-19-10(2)24-21-14)7-22(9)8-12-16(17)20-15(25-12)6-13(18)23/h9,11H,3-8H2,1-2H3,(H2,18,23)/t9-,11+/m0/s1. The highest BCUT2D eigenvalue weighted by Crippen LogP contribution is 2.28. The molecule has 0 bridgehead atoms. The summed E-state index contributed by atoms with van der Waals surface area (Å²) < 4.78 is 19.1. The SMILES string of the molecule is Cc1nc(C[C@H]2CC[C@H](C)N(Cc3sc(CC(N)=O)nc3F)C2)no1. The average molecular weight is 367 g/mol. The van der Waals surface area contributed by atoms with Gasteiger partial charge in [0.25, 0.3) is 0 Å². The van der Waals surface area contributed by atoms with Gasteiger partial charge in [-0.3, -0.25) is 9.69 Å². The topological polar surface area (TPSA) is 98.1 Å². The fraction of sp³-hybridized carbons (Fsp3) is 0.625.